The summed E-state index contributed by atoms with van der Waals surface area (Å²) in [6, 6.07) is 4.55. The fourth-order valence-electron chi connectivity index (χ4n) is 2.24. The SMILES string of the molecule is Cc1occc1-c1nnc(Sc2ccc3nnc(C(F)(F)F)n3n2)n1N. The second kappa shape index (κ2) is 5.72. The first-order valence-corrected chi connectivity index (χ1v) is 7.88. The minimum Gasteiger partial charge on any atom is -0.469 e. The van der Waals surface area contributed by atoms with Gasteiger partial charge in [0.15, 0.2) is 11.5 Å². The molecule has 4 rings (SSSR count). The maximum Gasteiger partial charge on any atom is 0.453 e. The molecule has 26 heavy (non-hydrogen) atoms. The molecule has 4 aromatic heterocycles. The zero-order valence-electron chi connectivity index (χ0n) is 13.0. The van der Waals surface area contributed by atoms with E-state index in [1.807, 2.05) is 0 Å². The van der Waals surface area contributed by atoms with Gasteiger partial charge in [0.25, 0.3) is 5.82 Å². The van der Waals surface area contributed by atoms with Gasteiger partial charge in [0.05, 0.1) is 11.8 Å². The molecule has 0 atom stereocenters. The maximum atomic E-state index is 12.9. The van der Waals surface area contributed by atoms with Crippen LogP contribution in [0.25, 0.3) is 17.0 Å². The highest BCUT2D eigenvalue weighted by molar-refractivity contribution is 7.99. The van der Waals surface area contributed by atoms with Gasteiger partial charge in [0.2, 0.25) is 5.16 Å². The molecule has 134 valence electrons. The number of hydrogen-bond donors (Lipinski definition) is 1. The summed E-state index contributed by atoms with van der Waals surface area (Å²) in [5.41, 5.74) is 0.638. The first-order chi connectivity index (χ1) is 12.3. The van der Waals surface area contributed by atoms with Gasteiger partial charge in [-0.3, -0.25) is 0 Å². The molecule has 0 amide bonds. The molecule has 2 N–H and O–H groups in total. The predicted octanol–water partition coefficient (Wildman–Crippen LogP) is 2.17. The molecule has 4 aromatic rings. The number of aromatic nitrogens is 7. The summed E-state index contributed by atoms with van der Waals surface area (Å²) >= 11 is 0.955. The smallest absolute Gasteiger partial charge is 0.453 e. The predicted molar refractivity (Wildman–Crippen MR) is 82.5 cm³/mol. The van der Waals surface area contributed by atoms with Crippen LogP contribution in [0.3, 0.4) is 0 Å². The summed E-state index contributed by atoms with van der Waals surface area (Å²) in [4.78, 5) is 0. The Kier molecular flexibility index (Phi) is 3.61. The maximum absolute atomic E-state index is 12.9. The van der Waals surface area contributed by atoms with Crippen LogP contribution in [0.5, 0.6) is 0 Å². The van der Waals surface area contributed by atoms with E-state index in [1.165, 1.54) is 23.1 Å². The number of hydrogen-bond acceptors (Lipinski definition) is 8. The molecule has 0 radical (unpaired) electrons. The van der Waals surface area contributed by atoms with Crippen LogP contribution in [-0.2, 0) is 6.18 Å². The van der Waals surface area contributed by atoms with Crippen molar-refractivity contribution in [2.75, 3.05) is 5.84 Å². The van der Waals surface area contributed by atoms with Crippen molar-refractivity contribution in [1.82, 2.24) is 34.7 Å². The number of halogens is 3. The first-order valence-electron chi connectivity index (χ1n) is 7.07. The molecule has 0 fully saturated rings. The Labute approximate surface area is 147 Å². The van der Waals surface area contributed by atoms with Gasteiger partial charge < -0.3 is 10.3 Å². The largest absolute Gasteiger partial charge is 0.469 e. The van der Waals surface area contributed by atoms with Crippen LogP contribution in [0.4, 0.5) is 13.2 Å². The third-order valence-corrected chi connectivity index (χ3v) is 4.34. The molecule has 13 heteroatoms. The van der Waals surface area contributed by atoms with Crippen LogP contribution < -0.4 is 5.84 Å². The Morgan fingerprint density at radius 2 is 1.92 bits per heavy atom. The van der Waals surface area contributed by atoms with Crippen LogP contribution in [-0.4, -0.2) is 34.7 Å². The van der Waals surface area contributed by atoms with E-state index >= 15 is 0 Å². The van der Waals surface area contributed by atoms with E-state index < -0.39 is 12.0 Å². The van der Waals surface area contributed by atoms with Gasteiger partial charge >= 0.3 is 6.18 Å². The molecule has 0 unspecified atom stereocenters. The fourth-order valence-corrected chi connectivity index (χ4v) is 2.96. The lowest BCUT2D eigenvalue weighted by atomic mass is 10.2. The molecule has 0 saturated carbocycles. The lowest BCUT2D eigenvalue weighted by molar-refractivity contribution is -0.146. The summed E-state index contributed by atoms with van der Waals surface area (Å²) < 4.78 is 45.9. The standard InChI is InChI=1S/C13H9F3N8OS/c1-6-7(4-5-25-6)10-19-21-12(23(10)17)26-9-3-2-8-18-20-11(13(14,15)16)24(8)22-9/h2-5H,17H2,1H3. The van der Waals surface area contributed by atoms with Gasteiger partial charge in [0, 0.05) is 0 Å². The number of fused-ring (bicyclic) bond motifs is 1. The zero-order valence-corrected chi connectivity index (χ0v) is 13.8. The molecule has 0 aliphatic carbocycles. The summed E-state index contributed by atoms with van der Waals surface area (Å²) in [6.45, 7) is 1.75. The third-order valence-electron chi connectivity index (χ3n) is 3.45. The van der Waals surface area contributed by atoms with E-state index in [1.54, 1.807) is 13.0 Å². The molecule has 0 aliphatic heterocycles. The van der Waals surface area contributed by atoms with Crippen molar-refractivity contribution in [3.63, 3.8) is 0 Å². The van der Waals surface area contributed by atoms with E-state index in [4.69, 9.17) is 10.3 Å². The molecule has 9 nitrogen and oxygen atoms in total. The molecular weight excluding hydrogens is 373 g/mol. The second-order valence-corrected chi connectivity index (χ2v) is 6.12. The lowest BCUT2D eigenvalue weighted by Crippen LogP contribution is -2.13. The van der Waals surface area contributed by atoms with Gasteiger partial charge in [-0.15, -0.1) is 20.4 Å². The highest BCUT2D eigenvalue weighted by Gasteiger charge is 2.37. The minimum atomic E-state index is -4.67. The number of furan rings is 1. The summed E-state index contributed by atoms with van der Waals surface area (Å²) in [6.07, 6.45) is -3.18. The number of nitrogens with two attached hydrogens (primary N) is 1. The van der Waals surface area contributed by atoms with E-state index in [9.17, 15) is 13.2 Å². The summed E-state index contributed by atoms with van der Waals surface area (Å²) in [5.74, 6) is 5.76. The average molecular weight is 382 g/mol. The van der Waals surface area contributed by atoms with E-state index in [-0.39, 0.29) is 15.8 Å². The summed E-state index contributed by atoms with van der Waals surface area (Å²) in [5, 5.41) is 18.9. The molecule has 4 heterocycles. The molecule has 0 aromatic carbocycles. The van der Waals surface area contributed by atoms with Crippen LogP contribution in [0, 0.1) is 6.92 Å². The normalized spacial score (nSPS) is 12.2. The highest BCUT2D eigenvalue weighted by atomic mass is 32.2. The number of nitrogen functional groups attached to an aromatic ring is 1. The molecule has 0 saturated heterocycles. The summed E-state index contributed by atoms with van der Waals surface area (Å²) in [7, 11) is 0. The van der Waals surface area contributed by atoms with Gasteiger partial charge in [-0.25, -0.2) is 4.68 Å². The molecule has 0 bridgehead atoms. The average Bonchev–Trinajstić information content (AvgIpc) is 3.26. The minimum absolute atomic E-state index is 0.0226. The van der Waals surface area contributed by atoms with Crippen molar-refractivity contribution >= 4 is 17.4 Å². The first kappa shape index (κ1) is 16.4. The number of rotatable bonds is 3. The lowest BCUT2D eigenvalue weighted by Gasteiger charge is -2.05. The van der Waals surface area contributed by atoms with Gasteiger partial charge in [-0.1, -0.05) is 0 Å². The van der Waals surface area contributed by atoms with Crippen LogP contribution in [0.2, 0.25) is 0 Å². The Balaban J connectivity index is 1.70. The fraction of sp³-hybridized carbons (Fsp3) is 0.154. The van der Waals surface area contributed by atoms with Crippen molar-refractivity contribution in [2.24, 2.45) is 0 Å². The Morgan fingerprint density at radius 1 is 1.12 bits per heavy atom. The van der Waals surface area contributed by atoms with Crippen LogP contribution >= 0.6 is 11.8 Å². The van der Waals surface area contributed by atoms with Crippen molar-refractivity contribution in [3.05, 3.63) is 36.0 Å². The monoisotopic (exact) mass is 382 g/mol. The number of nitrogens with zero attached hydrogens (tertiary/aromatic N) is 7. The van der Waals surface area contributed by atoms with Crippen molar-refractivity contribution in [1.29, 1.82) is 0 Å². The number of alkyl halides is 3. The Morgan fingerprint density at radius 3 is 2.62 bits per heavy atom. The molecule has 0 aliphatic rings. The van der Waals surface area contributed by atoms with Gasteiger partial charge in [-0.2, -0.15) is 22.8 Å². The third kappa shape index (κ3) is 2.65. The quantitative estimate of drug-likeness (QED) is 0.537. The second-order valence-electron chi connectivity index (χ2n) is 5.13. The molecular formula is C13H9F3N8OS. The zero-order chi connectivity index (χ0) is 18.5. The van der Waals surface area contributed by atoms with Crippen LogP contribution in [0.15, 0.2) is 39.1 Å². The van der Waals surface area contributed by atoms with E-state index in [0.29, 0.717) is 21.7 Å². The van der Waals surface area contributed by atoms with Crippen molar-refractivity contribution in [2.45, 2.75) is 23.3 Å². The Bertz CT molecular complexity index is 1100. The van der Waals surface area contributed by atoms with Crippen LogP contribution in [0.1, 0.15) is 11.6 Å². The topological polar surface area (TPSA) is 113 Å². The van der Waals surface area contributed by atoms with E-state index in [2.05, 4.69) is 25.5 Å². The van der Waals surface area contributed by atoms with Crippen molar-refractivity contribution < 1.29 is 17.6 Å². The molecule has 0 spiro atoms. The number of aryl methyl sites for hydroxylation is 1. The Hall–Kier alpha value is -3.09. The van der Waals surface area contributed by atoms with Gasteiger partial charge in [0.1, 0.15) is 10.8 Å². The highest BCUT2D eigenvalue weighted by Crippen LogP contribution is 2.30. The van der Waals surface area contributed by atoms with Crippen molar-refractivity contribution in [3.8, 4) is 11.4 Å². The van der Waals surface area contributed by atoms with E-state index in [0.717, 1.165) is 11.8 Å². The van der Waals surface area contributed by atoms with Gasteiger partial charge in [-0.05, 0) is 36.9 Å².